The SMILES string of the molecule is COc1ccc(O[C@H]2CCC[C@H](C(F)(F)F)C2)cc1NC(=O)[C@H]1CCC(=O)N1C. The lowest BCUT2D eigenvalue weighted by Crippen LogP contribution is -2.39. The third-order valence-corrected chi connectivity index (χ3v) is 5.62. The van der Waals surface area contributed by atoms with E-state index >= 15 is 0 Å². The largest absolute Gasteiger partial charge is 0.495 e. The van der Waals surface area contributed by atoms with E-state index in [1.807, 2.05) is 0 Å². The molecule has 0 spiro atoms. The highest BCUT2D eigenvalue weighted by Crippen LogP contribution is 2.39. The van der Waals surface area contributed by atoms with Gasteiger partial charge in [0.05, 0.1) is 24.8 Å². The lowest BCUT2D eigenvalue weighted by Gasteiger charge is -2.31. The summed E-state index contributed by atoms with van der Waals surface area (Å²) in [7, 11) is 3.03. The van der Waals surface area contributed by atoms with E-state index in [-0.39, 0.29) is 24.7 Å². The summed E-state index contributed by atoms with van der Waals surface area (Å²) in [6.07, 6.45) is -2.95. The van der Waals surface area contributed by atoms with Crippen LogP contribution < -0.4 is 14.8 Å². The fraction of sp³-hybridized carbons (Fsp3) is 0.600. The molecule has 1 heterocycles. The van der Waals surface area contributed by atoms with Gasteiger partial charge in [-0.1, -0.05) is 0 Å². The van der Waals surface area contributed by atoms with Crippen molar-refractivity contribution in [2.24, 2.45) is 5.92 Å². The molecule has 1 aromatic carbocycles. The summed E-state index contributed by atoms with van der Waals surface area (Å²) in [4.78, 5) is 25.6. The molecule has 1 saturated carbocycles. The summed E-state index contributed by atoms with van der Waals surface area (Å²) >= 11 is 0. The lowest BCUT2D eigenvalue weighted by molar-refractivity contribution is -0.188. The van der Waals surface area contributed by atoms with Gasteiger partial charge >= 0.3 is 6.18 Å². The average molecular weight is 414 g/mol. The van der Waals surface area contributed by atoms with E-state index in [9.17, 15) is 22.8 Å². The Balaban J connectivity index is 1.70. The van der Waals surface area contributed by atoms with Crippen LogP contribution >= 0.6 is 0 Å². The van der Waals surface area contributed by atoms with Crippen LogP contribution in [0.3, 0.4) is 0 Å². The second-order valence-electron chi connectivity index (χ2n) is 7.56. The average Bonchev–Trinajstić information content (AvgIpc) is 3.00. The van der Waals surface area contributed by atoms with Gasteiger partial charge in [-0.05, 0) is 44.2 Å². The Morgan fingerprint density at radius 1 is 1.24 bits per heavy atom. The number of methoxy groups -OCH3 is 1. The molecule has 9 heteroatoms. The Kier molecular flexibility index (Phi) is 6.24. The molecule has 29 heavy (non-hydrogen) atoms. The van der Waals surface area contributed by atoms with Gasteiger partial charge in [0, 0.05) is 19.5 Å². The van der Waals surface area contributed by atoms with E-state index in [0.29, 0.717) is 42.9 Å². The first kappa shape index (κ1) is 21.3. The quantitative estimate of drug-likeness (QED) is 0.797. The highest BCUT2D eigenvalue weighted by Gasteiger charge is 2.42. The Morgan fingerprint density at radius 3 is 2.62 bits per heavy atom. The van der Waals surface area contributed by atoms with Crippen LogP contribution in [0, 0.1) is 5.92 Å². The van der Waals surface area contributed by atoms with Crippen molar-refractivity contribution < 1.29 is 32.2 Å². The maximum atomic E-state index is 13.0. The van der Waals surface area contributed by atoms with Crippen LogP contribution in [0.4, 0.5) is 18.9 Å². The smallest absolute Gasteiger partial charge is 0.391 e. The standard InChI is InChI=1S/C20H25F3N2O4/c1-25-16(7-9-18(25)26)19(27)24-15-11-14(6-8-17(15)28-2)29-13-5-3-4-12(10-13)20(21,22)23/h6,8,11-13,16H,3-5,7,9-10H2,1-2H3,(H,24,27)/t12-,13-,16+/m0/s1. The Labute approximate surface area is 167 Å². The number of benzene rings is 1. The van der Waals surface area contributed by atoms with Gasteiger partial charge in [0.1, 0.15) is 17.5 Å². The number of likely N-dealkylation sites (tertiary alicyclic amines) is 1. The Morgan fingerprint density at radius 2 is 2.00 bits per heavy atom. The summed E-state index contributed by atoms with van der Waals surface area (Å²) < 4.78 is 50.1. The molecule has 1 aromatic rings. The molecule has 2 fully saturated rings. The molecule has 0 aromatic heterocycles. The number of nitrogens with zero attached hydrogens (tertiary/aromatic N) is 1. The lowest BCUT2D eigenvalue weighted by atomic mass is 9.87. The minimum absolute atomic E-state index is 0.0772. The molecule has 6 nitrogen and oxygen atoms in total. The molecule has 0 radical (unpaired) electrons. The maximum Gasteiger partial charge on any atom is 0.391 e. The zero-order valence-corrected chi connectivity index (χ0v) is 16.4. The van der Waals surface area contributed by atoms with Crippen molar-refractivity contribution in [3.05, 3.63) is 18.2 Å². The summed E-state index contributed by atoms with van der Waals surface area (Å²) in [5.41, 5.74) is 0.353. The van der Waals surface area contributed by atoms with Crippen molar-refractivity contribution in [3.8, 4) is 11.5 Å². The number of carbonyl (C=O) groups is 2. The van der Waals surface area contributed by atoms with Gasteiger partial charge < -0.3 is 19.7 Å². The van der Waals surface area contributed by atoms with Gasteiger partial charge in [-0.2, -0.15) is 13.2 Å². The summed E-state index contributed by atoms with van der Waals surface area (Å²) in [5.74, 6) is -1.03. The minimum atomic E-state index is -4.22. The number of likely N-dealkylation sites (N-methyl/N-ethyl adjacent to an activating group) is 1. The second kappa shape index (κ2) is 8.51. The van der Waals surface area contributed by atoms with E-state index < -0.39 is 24.2 Å². The zero-order chi connectivity index (χ0) is 21.2. The zero-order valence-electron chi connectivity index (χ0n) is 16.4. The number of hydrogen-bond donors (Lipinski definition) is 1. The fourth-order valence-electron chi connectivity index (χ4n) is 3.93. The fourth-order valence-corrected chi connectivity index (χ4v) is 3.93. The molecule has 3 atom stereocenters. The number of rotatable bonds is 5. The third-order valence-electron chi connectivity index (χ3n) is 5.62. The number of nitrogens with one attached hydrogen (secondary N) is 1. The van der Waals surface area contributed by atoms with Crippen LogP contribution in [0.5, 0.6) is 11.5 Å². The molecule has 1 aliphatic heterocycles. The molecule has 1 aliphatic carbocycles. The highest BCUT2D eigenvalue weighted by molar-refractivity contribution is 5.99. The van der Waals surface area contributed by atoms with Gasteiger partial charge in [0.2, 0.25) is 11.8 Å². The summed E-state index contributed by atoms with van der Waals surface area (Å²) in [6.45, 7) is 0. The van der Waals surface area contributed by atoms with Gasteiger partial charge in [0.25, 0.3) is 0 Å². The van der Waals surface area contributed by atoms with Crippen LogP contribution in [0.25, 0.3) is 0 Å². The number of alkyl halides is 3. The molecule has 160 valence electrons. The van der Waals surface area contributed by atoms with E-state index in [4.69, 9.17) is 9.47 Å². The van der Waals surface area contributed by atoms with E-state index in [1.54, 1.807) is 25.2 Å². The molecule has 2 aliphatic rings. The molecular formula is C20H25F3N2O4. The normalized spacial score (nSPS) is 25.1. The number of carbonyl (C=O) groups excluding carboxylic acids is 2. The molecule has 2 amide bonds. The van der Waals surface area contributed by atoms with Crippen molar-refractivity contribution in [2.75, 3.05) is 19.5 Å². The van der Waals surface area contributed by atoms with E-state index in [2.05, 4.69) is 5.32 Å². The number of halogens is 3. The first-order valence-corrected chi connectivity index (χ1v) is 9.67. The Bertz CT molecular complexity index is 769. The van der Waals surface area contributed by atoms with Crippen LogP contribution in [0.1, 0.15) is 38.5 Å². The van der Waals surface area contributed by atoms with Crippen LogP contribution in [0.15, 0.2) is 18.2 Å². The van der Waals surface area contributed by atoms with Crippen molar-refractivity contribution in [1.29, 1.82) is 0 Å². The monoisotopic (exact) mass is 414 g/mol. The molecule has 1 saturated heterocycles. The van der Waals surface area contributed by atoms with Gasteiger partial charge in [-0.3, -0.25) is 9.59 Å². The predicted octanol–water partition coefficient (Wildman–Crippen LogP) is 3.75. The molecular weight excluding hydrogens is 389 g/mol. The van der Waals surface area contributed by atoms with Crippen molar-refractivity contribution in [2.45, 2.75) is 56.8 Å². The van der Waals surface area contributed by atoms with Crippen LogP contribution in [0.2, 0.25) is 0 Å². The van der Waals surface area contributed by atoms with E-state index in [0.717, 1.165) is 0 Å². The highest BCUT2D eigenvalue weighted by atomic mass is 19.4. The summed E-state index contributed by atoms with van der Waals surface area (Å²) in [5, 5.41) is 2.75. The number of hydrogen-bond acceptors (Lipinski definition) is 4. The topological polar surface area (TPSA) is 67.9 Å². The van der Waals surface area contributed by atoms with E-state index in [1.165, 1.54) is 12.0 Å². The first-order valence-electron chi connectivity index (χ1n) is 9.67. The number of anilines is 1. The van der Waals surface area contributed by atoms with Crippen molar-refractivity contribution >= 4 is 17.5 Å². The summed E-state index contributed by atoms with van der Waals surface area (Å²) in [6, 6.07) is 4.18. The van der Waals surface area contributed by atoms with Gasteiger partial charge in [-0.15, -0.1) is 0 Å². The molecule has 0 bridgehead atoms. The van der Waals surface area contributed by atoms with Gasteiger partial charge in [0.15, 0.2) is 0 Å². The molecule has 1 N–H and O–H groups in total. The van der Waals surface area contributed by atoms with Crippen LogP contribution in [-0.4, -0.2) is 49.2 Å². The minimum Gasteiger partial charge on any atom is -0.495 e. The third kappa shape index (κ3) is 4.94. The second-order valence-corrected chi connectivity index (χ2v) is 7.56. The van der Waals surface area contributed by atoms with Crippen LogP contribution in [-0.2, 0) is 9.59 Å². The van der Waals surface area contributed by atoms with Crippen molar-refractivity contribution in [3.63, 3.8) is 0 Å². The maximum absolute atomic E-state index is 13.0. The number of ether oxygens (including phenoxy) is 2. The van der Waals surface area contributed by atoms with Crippen molar-refractivity contribution in [1.82, 2.24) is 4.90 Å². The Hall–Kier alpha value is -2.45. The van der Waals surface area contributed by atoms with Gasteiger partial charge in [-0.25, -0.2) is 0 Å². The predicted molar refractivity (Wildman–Crippen MR) is 99.8 cm³/mol. The first-order chi connectivity index (χ1) is 13.7. The molecule has 3 rings (SSSR count). The molecule has 0 unspecified atom stereocenters. The number of amides is 2.